The van der Waals surface area contributed by atoms with Crippen LogP contribution in [0.25, 0.3) is 0 Å². The van der Waals surface area contributed by atoms with Crippen molar-refractivity contribution in [3.8, 4) is 0 Å². The molecule has 0 fully saturated rings. The van der Waals surface area contributed by atoms with Crippen molar-refractivity contribution in [2.45, 2.75) is 0 Å². The van der Waals surface area contributed by atoms with E-state index in [0.29, 0.717) is 0 Å². The quantitative estimate of drug-likeness (QED) is 0.406. The van der Waals surface area contributed by atoms with Crippen molar-refractivity contribution in [1.82, 2.24) is 0 Å². The van der Waals surface area contributed by atoms with E-state index in [0.717, 1.165) is 0 Å². The standard InChI is InChI=1S/BH3O3.Ca.La.H2O.Y.2H/c2-1(3)4;;;;;;/h2-4H;;;1H2;;;/q;+2;;;;2*-1. The maximum Gasteiger partial charge on any atom is 2.00 e. The van der Waals surface area contributed by atoms with Crippen molar-refractivity contribution in [1.29, 1.82) is 0 Å². The SMILES string of the molecule is O.OB(O)O.[Ca+2].[H-].[H-].[La].[Y]. The van der Waals surface area contributed by atoms with Gasteiger partial charge in [0.1, 0.15) is 0 Å². The van der Waals surface area contributed by atoms with E-state index in [2.05, 4.69) is 0 Å². The number of hydrogen-bond donors (Lipinski definition) is 3. The number of hydrogen-bond acceptors (Lipinski definition) is 3. The molecule has 0 rings (SSSR count). The van der Waals surface area contributed by atoms with Crippen molar-refractivity contribution >= 4 is 45.1 Å². The molecule has 0 spiro atoms. The second-order valence-electron chi connectivity index (χ2n) is 0.346. The summed E-state index contributed by atoms with van der Waals surface area (Å²) in [6.45, 7) is 0. The number of rotatable bonds is 0. The second-order valence-corrected chi connectivity index (χ2v) is 0.346. The second kappa shape index (κ2) is 22.4. The van der Waals surface area contributed by atoms with Gasteiger partial charge in [-0.25, -0.2) is 0 Å². The fourth-order valence-corrected chi connectivity index (χ4v) is 0. The van der Waals surface area contributed by atoms with Crippen molar-refractivity contribution in [3.63, 3.8) is 0 Å². The van der Waals surface area contributed by atoms with E-state index in [1.54, 1.807) is 0 Å². The van der Waals surface area contributed by atoms with Crippen LogP contribution in [-0.2, 0) is 32.7 Å². The molecule has 0 aromatic rings. The maximum absolute atomic E-state index is 7.17. The fraction of sp³-hybridized carbons (Fsp3) is 0. The summed E-state index contributed by atoms with van der Waals surface area (Å²) in [5, 5.41) is 21.5. The fourth-order valence-electron chi connectivity index (χ4n) is 0. The Morgan fingerprint density at radius 3 is 1.12 bits per heavy atom. The summed E-state index contributed by atoms with van der Waals surface area (Å²) in [5.74, 6) is 0. The van der Waals surface area contributed by atoms with Gasteiger partial charge in [-0.3, -0.25) is 0 Å². The average Bonchev–Trinajstić information content (AvgIpc) is 0.811. The van der Waals surface area contributed by atoms with Crippen LogP contribution in [0.2, 0.25) is 0 Å². The minimum atomic E-state index is -2.17. The molecular weight excluding hydrogens is 343 g/mol. The van der Waals surface area contributed by atoms with Gasteiger partial charge in [-0.2, -0.15) is 0 Å². The zero-order valence-electron chi connectivity index (χ0n) is 6.28. The summed E-state index contributed by atoms with van der Waals surface area (Å²) >= 11 is 0. The minimum Gasteiger partial charge on any atom is -1.00 e. The van der Waals surface area contributed by atoms with Crippen molar-refractivity contribution in [2.24, 2.45) is 0 Å². The zero-order valence-corrected chi connectivity index (χ0v) is 13.0. The summed E-state index contributed by atoms with van der Waals surface area (Å²) in [4.78, 5) is 0. The largest absolute Gasteiger partial charge is 2.00 e. The van der Waals surface area contributed by atoms with Crippen LogP contribution >= 0.6 is 0 Å². The average molecular weight is 350 g/mol. The van der Waals surface area contributed by atoms with Gasteiger partial charge in [0.15, 0.2) is 0 Å². The molecule has 0 amide bonds. The molecule has 42 valence electrons. The molecule has 0 aromatic heterocycles. The van der Waals surface area contributed by atoms with Crippen LogP contribution in [0.4, 0.5) is 0 Å². The van der Waals surface area contributed by atoms with Crippen LogP contribution in [0.5, 0.6) is 0 Å². The van der Waals surface area contributed by atoms with Gasteiger partial charge in [-0.1, -0.05) is 0 Å². The van der Waals surface area contributed by atoms with Crippen molar-refractivity contribution < 1.29 is 91.7 Å². The summed E-state index contributed by atoms with van der Waals surface area (Å²) in [6, 6.07) is 0. The van der Waals surface area contributed by atoms with E-state index in [9.17, 15) is 0 Å². The Balaban J connectivity index is -0.00000000300. The van der Waals surface area contributed by atoms with E-state index in [-0.39, 0.29) is 114 Å². The van der Waals surface area contributed by atoms with Gasteiger partial charge in [0, 0.05) is 68.3 Å². The Hall–Kier alpha value is 3.46. The monoisotopic (exact) mass is 350 g/mol. The first-order valence-electron chi connectivity index (χ1n) is 0.775. The van der Waals surface area contributed by atoms with E-state index in [1.807, 2.05) is 0 Å². The molecule has 0 saturated heterocycles. The van der Waals surface area contributed by atoms with Gasteiger partial charge in [-0.15, -0.1) is 0 Å². The van der Waals surface area contributed by atoms with Crippen LogP contribution in [-0.4, -0.2) is 65.6 Å². The first-order chi connectivity index (χ1) is 1.73. The molecule has 0 unspecified atom stereocenters. The smallest absolute Gasteiger partial charge is 1.00 e. The Morgan fingerprint density at radius 1 is 1.12 bits per heavy atom. The third-order valence-electron chi connectivity index (χ3n) is 0. The molecule has 0 heterocycles. The first-order valence-corrected chi connectivity index (χ1v) is 0.775. The van der Waals surface area contributed by atoms with Gasteiger partial charge in [-0.05, 0) is 0 Å². The topological polar surface area (TPSA) is 92.2 Å². The molecular formula is H7BCaLaO4Y. The molecule has 0 aliphatic carbocycles. The predicted molar refractivity (Wildman–Crippen MR) is 24.0 cm³/mol. The van der Waals surface area contributed by atoms with Gasteiger partial charge < -0.3 is 23.4 Å². The van der Waals surface area contributed by atoms with Crippen molar-refractivity contribution in [2.75, 3.05) is 0 Å². The molecule has 2 radical (unpaired) electrons. The molecule has 0 bridgehead atoms. The maximum atomic E-state index is 7.17. The molecule has 0 atom stereocenters. The van der Waals surface area contributed by atoms with Gasteiger partial charge in [0.2, 0.25) is 0 Å². The summed E-state index contributed by atoms with van der Waals surface area (Å²) in [6.07, 6.45) is 0. The van der Waals surface area contributed by atoms with Crippen LogP contribution in [0, 0.1) is 35.6 Å². The Kier molecular flexibility index (Phi) is 84.2. The zero-order chi connectivity index (χ0) is 3.58. The first kappa shape index (κ1) is 30.0. The van der Waals surface area contributed by atoms with Crippen molar-refractivity contribution in [3.05, 3.63) is 0 Å². The summed E-state index contributed by atoms with van der Waals surface area (Å²) in [5.41, 5.74) is 0. The Labute approximate surface area is 134 Å². The Morgan fingerprint density at radius 2 is 1.12 bits per heavy atom. The van der Waals surface area contributed by atoms with Gasteiger partial charge >= 0.3 is 45.1 Å². The van der Waals surface area contributed by atoms with E-state index >= 15 is 0 Å². The summed E-state index contributed by atoms with van der Waals surface area (Å²) in [7, 11) is -2.17. The molecule has 0 aliphatic rings. The molecule has 8 heteroatoms. The predicted octanol–water partition coefficient (Wildman–Crippen LogP) is -3.03. The van der Waals surface area contributed by atoms with Crippen LogP contribution in [0.15, 0.2) is 0 Å². The molecule has 0 aliphatic heterocycles. The Bertz CT molecular complexity index is 28.0. The molecule has 8 heavy (non-hydrogen) atoms. The minimum absolute atomic E-state index is 0. The molecule has 0 saturated carbocycles. The summed E-state index contributed by atoms with van der Waals surface area (Å²) < 4.78 is 0. The van der Waals surface area contributed by atoms with Gasteiger partial charge in [0.25, 0.3) is 0 Å². The van der Waals surface area contributed by atoms with E-state index in [1.165, 1.54) is 0 Å². The third kappa shape index (κ3) is 56.5. The van der Waals surface area contributed by atoms with Crippen LogP contribution < -0.4 is 0 Å². The van der Waals surface area contributed by atoms with E-state index in [4.69, 9.17) is 15.1 Å². The van der Waals surface area contributed by atoms with E-state index < -0.39 is 7.32 Å². The third-order valence-corrected chi connectivity index (χ3v) is 0. The molecule has 4 nitrogen and oxygen atoms in total. The van der Waals surface area contributed by atoms with Gasteiger partial charge in [0.05, 0.1) is 0 Å². The van der Waals surface area contributed by atoms with Crippen LogP contribution in [0.1, 0.15) is 2.85 Å². The molecule has 5 N–H and O–H groups in total. The molecule has 0 aromatic carbocycles. The van der Waals surface area contributed by atoms with Crippen LogP contribution in [0.3, 0.4) is 0 Å². The normalized spacial score (nSPS) is 3.38.